The maximum Gasteiger partial charge on any atom is 0.343 e. The minimum absolute atomic E-state index is 0.130. The van der Waals surface area contributed by atoms with Crippen LogP contribution in [0.4, 0.5) is 10.5 Å². The van der Waals surface area contributed by atoms with E-state index in [4.69, 9.17) is 9.47 Å². The lowest BCUT2D eigenvalue weighted by Crippen LogP contribution is -2.27. The molecule has 0 unspecified atom stereocenters. The number of nitrogens with zero attached hydrogens (tertiary/aromatic N) is 2. The Morgan fingerprint density at radius 3 is 2.36 bits per heavy atom. The topological polar surface area (TPSA) is 116 Å². The number of hydrogen-bond acceptors (Lipinski definition) is 8. The van der Waals surface area contributed by atoms with Gasteiger partial charge in [-0.05, 0) is 60.2 Å². The standard InChI is InChI=1S/C26H20N2O7S/c1-16-3-5-17(6-4-16)15-27-24(29)23(36-26(27)31)14-18-7-12-21(22(13-18)34-2)35-25(30)19-8-10-20(11-9-19)28(32)33/h3-14H,15H2,1-2H3/b23-14-. The van der Waals surface area contributed by atoms with Gasteiger partial charge in [0.15, 0.2) is 11.5 Å². The number of imide groups is 1. The van der Waals surface area contributed by atoms with Crippen LogP contribution in [0.15, 0.2) is 71.6 Å². The average molecular weight is 505 g/mol. The molecule has 9 nitrogen and oxygen atoms in total. The van der Waals surface area contributed by atoms with Crippen LogP contribution in [0.25, 0.3) is 6.08 Å². The lowest BCUT2D eigenvalue weighted by molar-refractivity contribution is -0.384. The predicted octanol–water partition coefficient (Wildman–Crippen LogP) is 5.37. The van der Waals surface area contributed by atoms with Gasteiger partial charge in [0.1, 0.15) is 0 Å². The molecule has 0 aromatic heterocycles. The molecule has 0 bridgehead atoms. The van der Waals surface area contributed by atoms with Gasteiger partial charge in [0.25, 0.3) is 16.8 Å². The number of ether oxygens (including phenoxy) is 2. The highest BCUT2D eigenvalue weighted by atomic mass is 32.2. The first kappa shape index (κ1) is 24.7. The van der Waals surface area contributed by atoms with Crippen molar-refractivity contribution in [3.8, 4) is 11.5 Å². The molecule has 1 fully saturated rings. The van der Waals surface area contributed by atoms with Crippen LogP contribution in [-0.2, 0) is 11.3 Å². The molecule has 0 saturated carbocycles. The first-order valence-electron chi connectivity index (χ1n) is 10.7. The summed E-state index contributed by atoms with van der Waals surface area (Å²) in [7, 11) is 1.40. The fourth-order valence-electron chi connectivity index (χ4n) is 3.40. The van der Waals surface area contributed by atoms with Gasteiger partial charge in [-0.15, -0.1) is 0 Å². The molecule has 1 saturated heterocycles. The molecule has 1 aliphatic rings. The van der Waals surface area contributed by atoms with E-state index < -0.39 is 16.8 Å². The van der Waals surface area contributed by atoms with Crippen LogP contribution in [-0.4, -0.2) is 34.0 Å². The smallest absolute Gasteiger partial charge is 0.343 e. The fraction of sp³-hybridized carbons (Fsp3) is 0.115. The van der Waals surface area contributed by atoms with Gasteiger partial charge < -0.3 is 9.47 Å². The highest BCUT2D eigenvalue weighted by molar-refractivity contribution is 8.18. The van der Waals surface area contributed by atoms with E-state index in [9.17, 15) is 24.5 Å². The third-order valence-electron chi connectivity index (χ3n) is 5.34. The number of nitro groups is 1. The minimum Gasteiger partial charge on any atom is -0.493 e. The van der Waals surface area contributed by atoms with Crippen molar-refractivity contribution >= 4 is 40.6 Å². The second-order valence-corrected chi connectivity index (χ2v) is 8.85. The quantitative estimate of drug-likeness (QED) is 0.139. The number of rotatable bonds is 7. The zero-order valence-corrected chi connectivity index (χ0v) is 20.1. The van der Waals surface area contributed by atoms with Crippen molar-refractivity contribution in [2.45, 2.75) is 13.5 Å². The van der Waals surface area contributed by atoms with Crippen LogP contribution in [0.5, 0.6) is 11.5 Å². The van der Waals surface area contributed by atoms with Crippen LogP contribution >= 0.6 is 11.8 Å². The predicted molar refractivity (Wildman–Crippen MR) is 134 cm³/mol. The van der Waals surface area contributed by atoms with E-state index in [1.54, 1.807) is 18.2 Å². The summed E-state index contributed by atoms with van der Waals surface area (Å²) in [6.45, 7) is 2.14. The third-order valence-corrected chi connectivity index (χ3v) is 6.24. The zero-order valence-electron chi connectivity index (χ0n) is 19.3. The van der Waals surface area contributed by atoms with Crippen LogP contribution < -0.4 is 9.47 Å². The van der Waals surface area contributed by atoms with Crippen molar-refractivity contribution < 1.29 is 28.8 Å². The Hall–Kier alpha value is -4.44. The van der Waals surface area contributed by atoms with Gasteiger partial charge >= 0.3 is 5.97 Å². The van der Waals surface area contributed by atoms with E-state index >= 15 is 0 Å². The van der Waals surface area contributed by atoms with Crippen LogP contribution in [0.2, 0.25) is 0 Å². The SMILES string of the molecule is COc1cc(/C=C2\SC(=O)N(Cc3ccc(C)cc3)C2=O)ccc1OC(=O)c1ccc([N+](=O)[O-])cc1. The second kappa shape index (κ2) is 10.4. The van der Waals surface area contributed by atoms with Gasteiger partial charge in [-0.2, -0.15) is 0 Å². The fourth-order valence-corrected chi connectivity index (χ4v) is 4.24. The molecule has 0 radical (unpaired) electrons. The van der Waals surface area contributed by atoms with Gasteiger partial charge in [0, 0.05) is 12.1 Å². The summed E-state index contributed by atoms with van der Waals surface area (Å²) >= 11 is 0.852. The molecular weight excluding hydrogens is 484 g/mol. The Balaban J connectivity index is 1.49. The molecule has 0 aliphatic carbocycles. The van der Waals surface area contributed by atoms with Crippen LogP contribution in [0.1, 0.15) is 27.0 Å². The lowest BCUT2D eigenvalue weighted by Gasteiger charge is -2.12. The Labute approximate surface area is 210 Å². The summed E-state index contributed by atoms with van der Waals surface area (Å²) in [5, 5.41) is 10.4. The maximum absolute atomic E-state index is 12.9. The number of carbonyl (C=O) groups is 3. The summed E-state index contributed by atoms with van der Waals surface area (Å²) in [4.78, 5) is 49.5. The first-order valence-corrected chi connectivity index (χ1v) is 11.5. The van der Waals surface area contributed by atoms with Gasteiger partial charge in [0.2, 0.25) is 0 Å². The number of non-ortho nitro benzene ring substituents is 1. The van der Waals surface area contributed by atoms with Crippen molar-refractivity contribution in [2.24, 2.45) is 0 Å². The molecule has 1 aliphatic heterocycles. The van der Waals surface area contributed by atoms with Crippen molar-refractivity contribution in [2.75, 3.05) is 7.11 Å². The number of thioether (sulfide) groups is 1. The first-order chi connectivity index (χ1) is 17.2. The summed E-state index contributed by atoms with van der Waals surface area (Å²) in [5.74, 6) is -0.741. The van der Waals surface area contributed by atoms with Gasteiger partial charge in [-0.25, -0.2) is 4.79 Å². The Morgan fingerprint density at radius 1 is 1.03 bits per heavy atom. The molecule has 36 heavy (non-hydrogen) atoms. The van der Waals surface area contributed by atoms with E-state index in [-0.39, 0.29) is 39.4 Å². The highest BCUT2D eigenvalue weighted by Crippen LogP contribution is 2.35. The normalized spacial score (nSPS) is 14.3. The molecule has 4 rings (SSSR count). The summed E-state index contributed by atoms with van der Waals surface area (Å²) in [6, 6.07) is 17.3. The molecule has 182 valence electrons. The van der Waals surface area contributed by atoms with E-state index in [1.165, 1.54) is 42.3 Å². The zero-order chi connectivity index (χ0) is 25.8. The maximum atomic E-state index is 12.9. The van der Waals surface area contributed by atoms with Crippen molar-refractivity contribution in [3.05, 3.63) is 104 Å². The molecule has 3 aromatic carbocycles. The van der Waals surface area contributed by atoms with Crippen molar-refractivity contribution in [1.82, 2.24) is 4.90 Å². The summed E-state index contributed by atoms with van der Waals surface area (Å²) in [6.07, 6.45) is 1.57. The van der Waals surface area contributed by atoms with Gasteiger partial charge in [-0.3, -0.25) is 24.6 Å². The van der Waals surface area contributed by atoms with Crippen LogP contribution in [0, 0.1) is 17.0 Å². The van der Waals surface area contributed by atoms with Gasteiger partial charge in [-0.1, -0.05) is 35.9 Å². The Bertz CT molecular complexity index is 1380. The number of hydrogen-bond donors (Lipinski definition) is 0. The molecule has 0 atom stereocenters. The summed E-state index contributed by atoms with van der Waals surface area (Å²) < 4.78 is 10.7. The molecule has 10 heteroatoms. The van der Waals surface area contributed by atoms with E-state index in [2.05, 4.69) is 0 Å². The number of aryl methyl sites for hydroxylation is 1. The molecule has 3 aromatic rings. The number of benzene rings is 3. The number of nitro benzene ring substituents is 1. The van der Waals surface area contributed by atoms with Crippen LogP contribution in [0.3, 0.4) is 0 Å². The molecule has 2 amide bonds. The monoisotopic (exact) mass is 504 g/mol. The number of carbonyl (C=O) groups excluding carboxylic acids is 3. The molecular formula is C26H20N2O7S. The third kappa shape index (κ3) is 5.44. The largest absolute Gasteiger partial charge is 0.493 e. The minimum atomic E-state index is -0.715. The molecule has 1 heterocycles. The Kier molecular flexibility index (Phi) is 7.16. The average Bonchev–Trinajstić information content (AvgIpc) is 3.13. The number of methoxy groups -OCH3 is 1. The van der Waals surface area contributed by atoms with Crippen molar-refractivity contribution in [3.63, 3.8) is 0 Å². The highest BCUT2D eigenvalue weighted by Gasteiger charge is 2.35. The van der Waals surface area contributed by atoms with E-state index in [0.29, 0.717) is 5.56 Å². The van der Waals surface area contributed by atoms with E-state index in [1.807, 2.05) is 31.2 Å². The Morgan fingerprint density at radius 2 is 1.72 bits per heavy atom. The number of amides is 2. The number of esters is 1. The van der Waals surface area contributed by atoms with E-state index in [0.717, 1.165) is 22.9 Å². The molecule has 0 N–H and O–H groups in total. The molecule has 0 spiro atoms. The lowest BCUT2D eigenvalue weighted by atomic mass is 10.1. The second-order valence-electron chi connectivity index (χ2n) is 7.86. The van der Waals surface area contributed by atoms with Crippen molar-refractivity contribution in [1.29, 1.82) is 0 Å². The van der Waals surface area contributed by atoms with Gasteiger partial charge in [0.05, 0.1) is 29.0 Å². The summed E-state index contributed by atoms with van der Waals surface area (Å²) in [5.41, 5.74) is 2.50.